The average Bonchev–Trinajstić information content (AvgIpc) is 2.03. The van der Waals surface area contributed by atoms with Crippen molar-refractivity contribution in [3.05, 3.63) is 24.3 Å². The maximum atomic E-state index is 11.0. The van der Waals surface area contributed by atoms with Crippen molar-refractivity contribution in [1.29, 1.82) is 0 Å². The van der Waals surface area contributed by atoms with Crippen LogP contribution in [0.15, 0.2) is 24.3 Å². The molecule has 3 nitrogen and oxygen atoms in total. The lowest BCUT2D eigenvalue weighted by atomic mass is 10.3. The molecule has 0 heterocycles. The summed E-state index contributed by atoms with van der Waals surface area (Å²) in [6.07, 6.45) is 0. The molecule has 0 atom stereocenters. The van der Waals surface area contributed by atoms with Gasteiger partial charge in [-0.15, -0.1) is 0 Å². The lowest BCUT2D eigenvalue weighted by Crippen LogP contribution is -2.13. The van der Waals surface area contributed by atoms with Gasteiger partial charge in [-0.2, -0.15) is 0 Å². The van der Waals surface area contributed by atoms with Crippen molar-refractivity contribution in [2.24, 2.45) is 0 Å². The maximum Gasteiger partial charge on any atom is 0.220 e. The molecule has 1 aromatic rings. The molecule has 1 aromatic carbocycles. The Morgan fingerprint density at radius 3 is 2.82 bits per heavy atom. The second-order valence-corrected chi connectivity index (χ2v) is 2.09. The van der Waals surface area contributed by atoms with Crippen LogP contribution in [0.2, 0.25) is 0 Å². The fraction of sp³-hybridized carbons (Fsp3) is 0.250. The Morgan fingerprint density at radius 2 is 2.18 bits per heavy atom. The first-order chi connectivity index (χ1) is 5.34. The molecule has 0 unspecified atom stereocenters. The Morgan fingerprint density at radius 1 is 1.45 bits per heavy atom. The topological polar surface area (TPSA) is 41.2 Å². The fourth-order valence-electron chi connectivity index (χ4n) is 0.719. The van der Waals surface area contributed by atoms with Gasteiger partial charge in [-0.3, -0.25) is 10.4 Å². The van der Waals surface area contributed by atoms with Crippen LogP contribution >= 0.6 is 0 Å². The van der Waals surface area contributed by atoms with E-state index in [9.17, 15) is 5.11 Å². The first-order valence-corrected chi connectivity index (χ1v) is 3.38. The number of nitrogens with one attached hydrogen (secondary N) is 1. The molecule has 0 saturated heterocycles. The zero-order valence-corrected chi connectivity index (χ0v) is 6.33. The van der Waals surface area contributed by atoms with Crippen LogP contribution in [0.1, 0.15) is 0 Å². The van der Waals surface area contributed by atoms with Crippen LogP contribution in [0, 0.1) is 0 Å². The molecule has 1 radical (unpaired) electrons. The first-order valence-electron chi connectivity index (χ1n) is 3.38. The van der Waals surface area contributed by atoms with E-state index in [2.05, 4.69) is 5.32 Å². The van der Waals surface area contributed by atoms with Crippen molar-refractivity contribution in [2.45, 2.75) is 0 Å². The van der Waals surface area contributed by atoms with Crippen LogP contribution in [0.3, 0.4) is 0 Å². The van der Waals surface area contributed by atoms with Gasteiger partial charge < -0.3 is 4.74 Å². The Labute approximate surface area is 65.6 Å². The van der Waals surface area contributed by atoms with Gasteiger partial charge in [0.15, 0.2) is 5.75 Å². The standard InChI is InChI=1S/C8H10NO2/c1-9-6-11-8-5-3-2-4-7(8)10/h2-5,9H,6H2,1H3. The number of ether oxygens (including phenoxy) is 1. The summed E-state index contributed by atoms with van der Waals surface area (Å²) in [5.41, 5.74) is 0. The summed E-state index contributed by atoms with van der Waals surface area (Å²) in [6.45, 7) is 0.360. The van der Waals surface area contributed by atoms with Crippen LogP contribution in [0.25, 0.3) is 0 Å². The molecule has 11 heavy (non-hydrogen) atoms. The summed E-state index contributed by atoms with van der Waals surface area (Å²) in [5.74, 6) is 0.310. The van der Waals surface area contributed by atoms with E-state index in [0.717, 1.165) is 0 Å². The van der Waals surface area contributed by atoms with E-state index < -0.39 is 0 Å². The first kappa shape index (κ1) is 7.88. The highest BCUT2D eigenvalue weighted by Gasteiger charge is 1.99. The highest BCUT2D eigenvalue weighted by atomic mass is 16.5. The van der Waals surface area contributed by atoms with Crippen LogP contribution < -0.4 is 10.1 Å². The highest BCUT2D eigenvalue weighted by molar-refractivity contribution is 5.37. The lowest BCUT2D eigenvalue weighted by molar-refractivity contribution is 0.263. The van der Waals surface area contributed by atoms with Crippen molar-refractivity contribution in [2.75, 3.05) is 13.8 Å². The van der Waals surface area contributed by atoms with Gasteiger partial charge in [0, 0.05) is 0 Å². The third-order valence-corrected chi connectivity index (χ3v) is 1.22. The van der Waals surface area contributed by atoms with E-state index in [1.54, 1.807) is 25.2 Å². The van der Waals surface area contributed by atoms with Crippen LogP contribution in [-0.2, 0) is 5.11 Å². The molecule has 0 aromatic heterocycles. The molecule has 0 aliphatic heterocycles. The van der Waals surface area contributed by atoms with E-state index in [4.69, 9.17) is 4.74 Å². The minimum Gasteiger partial charge on any atom is -0.474 e. The Hall–Kier alpha value is -1.22. The minimum atomic E-state index is -0.0808. The Kier molecular flexibility index (Phi) is 2.74. The number of benzene rings is 1. The summed E-state index contributed by atoms with van der Waals surface area (Å²) >= 11 is 0. The molecule has 3 heteroatoms. The third kappa shape index (κ3) is 2.13. The van der Waals surface area contributed by atoms with E-state index in [0.29, 0.717) is 12.5 Å². The predicted molar refractivity (Wildman–Crippen MR) is 41.1 cm³/mol. The molecule has 0 aliphatic carbocycles. The van der Waals surface area contributed by atoms with Gasteiger partial charge in [0.05, 0.1) is 0 Å². The fourth-order valence-corrected chi connectivity index (χ4v) is 0.719. The summed E-state index contributed by atoms with van der Waals surface area (Å²) in [5, 5.41) is 13.8. The van der Waals surface area contributed by atoms with Crippen molar-refractivity contribution in [3.8, 4) is 11.5 Å². The molecule has 0 saturated carbocycles. The van der Waals surface area contributed by atoms with Gasteiger partial charge in [-0.05, 0) is 19.2 Å². The normalized spacial score (nSPS) is 9.55. The molecule has 1 rings (SSSR count). The molecule has 1 N–H and O–H groups in total. The zero-order chi connectivity index (χ0) is 8.10. The van der Waals surface area contributed by atoms with Crippen molar-refractivity contribution in [3.63, 3.8) is 0 Å². The van der Waals surface area contributed by atoms with Gasteiger partial charge in [-0.25, -0.2) is 0 Å². The van der Waals surface area contributed by atoms with Crippen molar-refractivity contribution >= 4 is 0 Å². The van der Waals surface area contributed by atoms with Crippen LogP contribution in [0.5, 0.6) is 11.5 Å². The van der Waals surface area contributed by atoms with Gasteiger partial charge >= 0.3 is 0 Å². The summed E-state index contributed by atoms with van der Waals surface area (Å²) < 4.78 is 5.06. The van der Waals surface area contributed by atoms with Crippen molar-refractivity contribution < 1.29 is 9.84 Å². The van der Waals surface area contributed by atoms with E-state index in [-0.39, 0.29) is 5.75 Å². The third-order valence-electron chi connectivity index (χ3n) is 1.22. The molecule has 0 bridgehead atoms. The van der Waals surface area contributed by atoms with Gasteiger partial charge in [0.25, 0.3) is 0 Å². The second kappa shape index (κ2) is 3.83. The summed E-state index contributed by atoms with van der Waals surface area (Å²) in [6, 6.07) is 6.59. The number of hydrogen-bond acceptors (Lipinski definition) is 2. The lowest BCUT2D eigenvalue weighted by Gasteiger charge is -2.03. The minimum absolute atomic E-state index is 0.0808. The molecule has 0 amide bonds. The second-order valence-electron chi connectivity index (χ2n) is 2.09. The van der Waals surface area contributed by atoms with Crippen molar-refractivity contribution in [1.82, 2.24) is 5.32 Å². The van der Waals surface area contributed by atoms with Gasteiger partial charge in [0.2, 0.25) is 5.75 Å². The quantitative estimate of drug-likeness (QED) is 0.665. The maximum absolute atomic E-state index is 11.0. The molecule has 0 aliphatic rings. The molecule has 59 valence electrons. The SMILES string of the molecule is CNCOc1ccccc1[O]. The molecule has 0 spiro atoms. The van der Waals surface area contributed by atoms with Gasteiger partial charge in [0.1, 0.15) is 6.73 Å². The highest BCUT2D eigenvalue weighted by Crippen LogP contribution is 2.24. The number of hydrogen-bond donors (Lipinski definition) is 1. The van der Waals surface area contributed by atoms with E-state index in [1.165, 1.54) is 6.07 Å². The predicted octanol–water partition coefficient (Wildman–Crippen LogP) is 1.39. The summed E-state index contributed by atoms with van der Waals surface area (Å²) in [7, 11) is 1.76. The zero-order valence-electron chi connectivity index (χ0n) is 6.33. The average molecular weight is 152 g/mol. The molecular formula is C8H10NO2. The largest absolute Gasteiger partial charge is 0.474 e. The Bertz CT molecular complexity index is 225. The smallest absolute Gasteiger partial charge is 0.220 e. The number of para-hydroxylation sites is 2. The van der Waals surface area contributed by atoms with E-state index in [1.807, 2.05) is 0 Å². The van der Waals surface area contributed by atoms with Gasteiger partial charge in [-0.1, -0.05) is 12.1 Å². The molecule has 0 fully saturated rings. The van der Waals surface area contributed by atoms with Crippen LogP contribution in [-0.4, -0.2) is 13.8 Å². The van der Waals surface area contributed by atoms with E-state index >= 15 is 0 Å². The number of rotatable bonds is 3. The monoisotopic (exact) mass is 152 g/mol. The van der Waals surface area contributed by atoms with Crippen LogP contribution in [0.4, 0.5) is 0 Å². The Balaban J connectivity index is 2.62. The molecular weight excluding hydrogens is 142 g/mol. The summed E-state index contributed by atoms with van der Waals surface area (Å²) in [4.78, 5) is 0.